The maximum Gasteiger partial charge on any atom is 0.234 e. The molecule has 2 heterocycles. The van der Waals surface area contributed by atoms with E-state index in [0.717, 1.165) is 56.1 Å². The molecule has 0 spiro atoms. The lowest BCUT2D eigenvalue weighted by Gasteiger charge is -2.38. The highest BCUT2D eigenvalue weighted by atomic mass is 16.5. The van der Waals surface area contributed by atoms with Crippen molar-refractivity contribution in [2.24, 2.45) is 5.92 Å². The first-order valence-corrected chi connectivity index (χ1v) is 12.6. The predicted molar refractivity (Wildman–Crippen MR) is 137 cm³/mol. The molecule has 2 aromatic carbocycles. The van der Waals surface area contributed by atoms with Crippen molar-refractivity contribution in [1.82, 2.24) is 15.1 Å². The van der Waals surface area contributed by atoms with E-state index in [0.29, 0.717) is 24.8 Å². The van der Waals surface area contributed by atoms with Gasteiger partial charge in [-0.25, -0.2) is 0 Å². The van der Waals surface area contributed by atoms with Crippen LogP contribution in [0.1, 0.15) is 36.6 Å². The van der Waals surface area contributed by atoms with E-state index in [1.54, 1.807) is 14.2 Å². The Morgan fingerprint density at radius 1 is 1.11 bits per heavy atom. The number of methoxy groups -OCH3 is 2. The fourth-order valence-electron chi connectivity index (χ4n) is 5.25. The number of nitrogens with zero attached hydrogens (tertiary/aromatic N) is 2. The standard InChI is InChI=1S/C28H39N3O4/c1-20(2)17-30-12-13-35-23(18-30)16-29-27(32)19-31-11-10-22-14-25(33-3)26(34-4)15-24(22)28(31)21-8-6-5-7-9-21/h5-9,14-15,20,23,28H,10-13,16-19H2,1-4H3,(H,29,32). The molecule has 0 radical (unpaired) electrons. The fraction of sp³-hybridized carbons (Fsp3) is 0.536. The van der Waals surface area contributed by atoms with Crippen molar-refractivity contribution in [3.63, 3.8) is 0 Å². The zero-order valence-electron chi connectivity index (χ0n) is 21.5. The van der Waals surface area contributed by atoms with Gasteiger partial charge in [-0.05, 0) is 41.2 Å². The third-order valence-electron chi connectivity index (χ3n) is 6.81. The Hall–Kier alpha value is -2.61. The van der Waals surface area contributed by atoms with Crippen LogP contribution in [0.2, 0.25) is 0 Å². The highest BCUT2D eigenvalue weighted by Crippen LogP contribution is 2.40. The quantitative estimate of drug-likeness (QED) is 0.594. The number of hydrogen-bond acceptors (Lipinski definition) is 6. The van der Waals surface area contributed by atoms with Gasteiger partial charge in [-0.3, -0.25) is 14.6 Å². The van der Waals surface area contributed by atoms with Gasteiger partial charge in [0.1, 0.15) is 0 Å². The van der Waals surface area contributed by atoms with Crippen LogP contribution in [0.3, 0.4) is 0 Å². The van der Waals surface area contributed by atoms with Crippen molar-refractivity contribution < 1.29 is 19.0 Å². The van der Waals surface area contributed by atoms with E-state index in [-0.39, 0.29) is 18.1 Å². The van der Waals surface area contributed by atoms with E-state index in [9.17, 15) is 4.79 Å². The number of fused-ring (bicyclic) bond motifs is 1. The Morgan fingerprint density at radius 3 is 2.57 bits per heavy atom. The minimum absolute atomic E-state index is 0.0273. The largest absolute Gasteiger partial charge is 0.493 e. The summed E-state index contributed by atoms with van der Waals surface area (Å²) in [6.07, 6.45) is 0.887. The summed E-state index contributed by atoms with van der Waals surface area (Å²) in [4.78, 5) is 17.7. The Balaban J connectivity index is 1.46. The van der Waals surface area contributed by atoms with Gasteiger partial charge in [0.2, 0.25) is 5.91 Å². The summed E-state index contributed by atoms with van der Waals surface area (Å²) >= 11 is 0. The molecule has 1 saturated heterocycles. The third-order valence-corrected chi connectivity index (χ3v) is 6.81. The molecule has 7 heteroatoms. The van der Waals surface area contributed by atoms with Crippen molar-refractivity contribution in [2.75, 3.05) is 60.1 Å². The molecule has 190 valence electrons. The Morgan fingerprint density at radius 2 is 1.86 bits per heavy atom. The van der Waals surface area contributed by atoms with Gasteiger partial charge in [0.05, 0.1) is 39.5 Å². The normalized spacial score (nSPS) is 20.9. The van der Waals surface area contributed by atoms with E-state index < -0.39 is 0 Å². The number of morpholine rings is 1. The molecule has 1 N–H and O–H groups in total. The molecule has 2 atom stereocenters. The molecule has 1 amide bonds. The summed E-state index contributed by atoms with van der Waals surface area (Å²) in [5.41, 5.74) is 3.55. The number of ether oxygens (including phenoxy) is 3. The third kappa shape index (κ3) is 6.34. The van der Waals surface area contributed by atoms with Crippen LogP contribution in [0.5, 0.6) is 11.5 Å². The van der Waals surface area contributed by atoms with E-state index in [1.807, 2.05) is 18.2 Å². The van der Waals surface area contributed by atoms with E-state index >= 15 is 0 Å². The van der Waals surface area contributed by atoms with Crippen LogP contribution in [-0.2, 0) is 16.0 Å². The number of carbonyl (C=O) groups excluding carboxylic acids is 1. The molecule has 0 bridgehead atoms. The number of carbonyl (C=O) groups is 1. The molecule has 0 aliphatic carbocycles. The smallest absolute Gasteiger partial charge is 0.234 e. The van der Waals surface area contributed by atoms with Gasteiger partial charge in [-0.15, -0.1) is 0 Å². The van der Waals surface area contributed by atoms with Gasteiger partial charge < -0.3 is 19.5 Å². The van der Waals surface area contributed by atoms with Crippen LogP contribution in [0, 0.1) is 5.92 Å². The molecule has 2 aliphatic heterocycles. The molecule has 4 rings (SSSR count). The second-order valence-corrected chi connectivity index (χ2v) is 9.89. The minimum atomic E-state index is -0.0297. The van der Waals surface area contributed by atoms with Crippen LogP contribution in [0.15, 0.2) is 42.5 Å². The van der Waals surface area contributed by atoms with Gasteiger partial charge in [0.15, 0.2) is 11.5 Å². The highest BCUT2D eigenvalue weighted by molar-refractivity contribution is 5.78. The summed E-state index contributed by atoms with van der Waals surface area (Å²) in [7, 11) is 3.32. The lowest BCUT2D eigenvalue weighted by atomic mass is 9.87. The van der Waals surface area contributed by atoms with E-state index in [4.69, 9.17) is 14.2 Å². The van der Waals surface area contributed by atoms with Gasteiger partial charge in [-0.1, -0.05) is 44.2 Å². The minimum Gasteiger partial charge on any atom is -0.493 e. The number of benzene rings is 2. The molecular formula is C28H39N3O4. The van der Waals surface area contributed by atoms with Crippen molar-refractivity contribution >= 4 is 5.91 Å². The van der Waals surface area contributed by atoms with Crippen LogP contribution in [-0.4, -0.2) is 81.9 Å². The molecule has 2 aliphatic rings. The van der Waals surface area contributed by atoms with Gasteiger partial charge in [0.25, 0.3) is 0 Å². The Labute approximate surface area is 209 Å². The number of rotatable bonds is 9. The van der Waals surface area contributed by atoms with Gasteiger partial charge in [0, 0.05) is 32.7 Å². The number of hydrogen-bond donors (Lipinski definition) is 1. The predicted octanol–water partition coefficient (Wildman–Crippen LogP) is 3.12. The lowest BCUT2D eigenvalue weighted by Crippen LogP contribution is -2.50. The first kappa shape index (κ1) is 25.5. The van der Waals surface area contributed by atoms with Crippen LogP contribution >= 0.6 is 0 Å². The average Bonchev–Trinajstić information content (AvgIpc) is 2.87. The molecule has 35 heavy (non-hydrogen) atoms. The topological polar surface area (TPSA) is 63.3 Å². The zero-order valence-corrected chi connectivity index (χ0v) is 21.5. The lowest BCUT2D eigenvalue weighted by molar-refractivity contribution is -0.124. The maximum atomic E-state index is 13.1. The average molecular weight is 482 g/mol. The first-order chi connectivity index (χ1) is 17.0. The fourth-order valence-corrected chi connectivity index (χ4v) is 5.25. The van der Waals surface area contributed by atoms with Crippen molar-refractivity contribution in [3.05, 3.63) is 59.2 Å². The Bertz CT molecular complexity index is 982. The molecular weight excluding hydrogens is 442 g/mol. The number of nitrogens with one attached hydrogen (secondary N) is 1. The second kappa shape index (κ2) is 11.9. The second-order valence-electron chi connectivity index (χ2n) is 9.89. The molecule has 0 aromatic heterocycles. The summed E-state index contributed by atoms with van der Waals surface area (Å²) in [5.74, 6) is 2.10. The molecule has 2 aromatic rings. The molecule has 0 saturated carbocycles. The first-order valence-electron chi connectivity index (χ1n) is 12.6. The molecule has 2 unspecified atom stereocenters. The SMILES string of the molecule is COc1cc2c(cc1OC)C(c1ccccc1)N(CC(=O)NCC1CN(CC(C)C)CCO1)CC2. The van der Waals surface area contributed by atoms with Crippen LogP contribution in [0.4, 0.5) is 0 Å². The van der Waals surface area contributed by atoms with Gasteiger partial charge >= 0.3 is 0 Å². The van der Waals surface area contributed by atoms with E-state index in [2.05, 4.69) is 53.2 Å². The van der Waals surface area contributed by atoms with Crippen LogP contribution in [0.25, 0.3) is 0 Å². The summed E-state index contributed by atoms with van der Waals surface area (Å²) in [6, 6.07) is 14.5. The monoisotopic (exact) mass is 481 g/mol. The summed E-state index contributed by atoms with van der Waals surface area (Å²) < 4.78 is 17.1. The zero-order chi connectivity index (χ0) is 24.8. The van der Waals surface area contributed by atoms with Gasteiger partial charge in [-0.2, -0.15) is 0 Å². The Kier molecular flexibility index (Phi) is 8.65. The molecule has 7 nitrogen and oxygen atoms in total. The van der Waals surface area contributed by atoms with Crippen LogP contribution < -0.4 is 14.8 Å². The summed E-state index contributed by atoms with van der Waals surface area (Å²) in [6.45, 7) is 9.74. The number of amides is 1. The van der Waals surface area contributed by atoms with Crippen molar-refractivity contribution in [3.8, 4) is 11.5 Å². The van der Waals surface area contributed by atoms with Crippen molar-refractivity contribution in [2.45, 2.75) is 32.4 Å². The summed E-state index contributed by atoms with van der Waals surface area (Å²) in [5, 5.41) is 3.13. The maximum absolute atomic E-state index is 13.1. The molecule has 1 fully saturated rings. The highest BCUT2D eigenvalue weighted by Gasteiger charge is 2.32. The van der Waals surface area contributed by atoms with Crippen molar-refractivity contribution in [1.29, 1.82) is 0 Å². The van der Waals surface area contributed by atoms with E-state index in [1.165, 1.54) is 5.56 Å².